The van der Waals surface area contributed by atoms with E-state index >= 15 is 0 Å². The maximum atomic E-state index is 13.3. The Bertz CT molecular complexity index is 890. The van der Waals surface area contributed by atoms with Gasteiger partial charge in [0, 0.05) is 18.2 Å². The Kier molecular flexibility index (Phi) is 7.02. The molecule has 162 valence electrons. The van der Waals surface area contributed by atoms with Gasteiger partial charge in [-0.3, -0.25) is 4.79 Å². The van der Waals surface area contributed by atoms with E-state index in [1.165, 1.54) is 26.4 Å². The van der Waals surface area contributed by atoms with Crippen LogP contribution in [0.15, 0.2) is 36.4 Å². The molecule has 1 fully saturated rings. The maximum Gasteiger partial charge on any atom is 0.416 e. The van der Waals surface area contributed by atoms with Crippen molar-refractivity contribution in [1.82, 2.24) is 5.32 Å². The first-order chi connectivity index (χ1) is 14.3. The third-order valence-corrected chi connectivity index (χ3v) is 5.50. The molecule has 2 aromatic rings. The van der Waals surface area contributed by atoms with E-state index in [9.17, 15) is 18.0 Å². The minimum Gasteiger partial charge on any atom is -0.496 e. The Balaban J connectivity index is 2.01. The fraction of sp³-hybridized carbons (Fsp3) is 0.435. The average Bonchev–Trinajstić information content (AvgIpc) is 3.25. The highest BCUT2D eigenvalue weighted by molar-refractivity contribution is 5.77. The van der Waals surface area contributed by atoms with Crippen LogP contribution in [-0.2, 0) is 28.7 Å². The number of carbonyl (C=O) groups excluding carboxylic acids is 1. The first-order valence-corrected chi connectivity index (χ1v) is 9.99. The van der Waals surface area contributed by atoms with E-state index in [1.807, 2.05) is 0 Å². The molecule has 7 heteroatoms. The lowest BCUT2D eigenvalue weighted by Gasteiger charge is -2.19. The quantitative estimate of drug-likeness (QED) is 0.630. The van der Waals surface area contributed by atoms with E-state index in [1.54, 1.807) is 18.2 Å². The topological polar surface area (TPSA) is 47.6 Å². The fourth-order valence-electron chi connectivity index (χ4n) is 3.88. The summed E-state index contributed by atoms with van der Waals surface area (Å²) in [5, 5.41) is 3.40. The summed E-state index contributed by atoms with van der Waals surface area (Å²) in [4.78, 5) is 11.7. The molecule has 1 N–H and O–H groups in total. The normalized spacial score (nSPS) is 14.7. The number of hydrogen-bond acceptors (Lipinski definition) is 4. The molecule has 3 rings (SSSR count). The molecule has 1 saturated carbocycles. The number of esters is 1. The minimum atomic E-state index is -4.42. The fourth-order valence-corrected chi connectivity index (χ4v) is 3.88. The first-order valence-electron chi connectivity index (χ1n) is 9.99. The molecular weight excluding hydrogens is 395 g/mol. The van der Waals surface area contributed by atoms with Crippen molar-refractivity contribution < 1.29 is 27.4 Å². The van der Waals surface area contributed by atoms with Gasteiger partial charge in [-0.1, -0.05) is 25.0 Å². The number of benzene rings is 2. The molecule has 0 aliphatic heterocycles. The van der Waals surface area contributed by atoms with Gasteiger partial charge in [-0.2, -0.15) is 13.2 Å². The summed E-state index contributed by atoms with van der Waals surface area (Å²) in [6.45, 7) is 0.328. The van der Waals surface area contributed by atoms with Crippen molar-refractivity contribution in [2.24, 2.45) is 0 Å². The monoisotopic (exact) mass is 421 g/mol. The van der Waals surface area contributed by atoms with Crippen LogP contribution < -0.4 is 10.1 Å². The number of alkyl halides is 3. The number of ether oxygens (including phenoxy) is 2. The second-order valence-electron chi connectivity index (χ2n) is 7.52. The number of halogens is 3. The van der Waals surface area contributed by atoms with Crippen molar-refractivity contribution in [2.45, 2.75) is 50.9 Å². The van der Waals surface area contributed by atoms with E-state index in [-0.39, 0.29) is 12.4 Å². The molecule has 0 aromatic heterocycles. The van der Waals surface area contributed by atoms with Crippen molar-refractivity contribution in [2.75, 3.05) is 14.2 Å². The van der Waals surface area contributed by atoms with E-state index in [0.29, 0.717) is 40.6 Å². The van der Waals surface area contributed by atoms with Crippen LogP contribution in [0.1, 0.15) is 42.4 Å². The molecule has 0 radical (unpaired) electrons. The molecule has 1 aliphatic carbocycles. The molecular formula is C23H26F3NO3. The van der Waals surface area contributed by atoms with Crippen LogP contribution in [-0.4, -0.2) is 26.2 Å². The first kappa shape index (κ1) is 22.2. The number of nitrogens with one attached hydrogen (secondary N) is 1. The summed E-state index contributed by atoms with van der Waals surface area (Å²) in [6.07, 6.45) is -0.00722. The summed E-state index contributed by atoms with van der Waals surface area (Å²) in [5.74, 6) is 0.146. The van der Waals surface area contributed by atoms with Gasteiger partial charge in [0.25, 0.3) is 0 Å². The van der Waals surface area contributed by atoms with Gasteiger partial charge in [0.05, 0.1) is 26.2 Å². The lowest BCUT2D eigenvalue weighted by atomic mass is 9.94. The molecule has 0 amide bonds. The lowest BCUT2D eigenvalue weighted by molar-refractivity contribution is -0.140. The highest BCUT2D eigenvalue weighted by atomic mass is 19.4. The van der Waals surface area contributed by atoms with Gasteiger partial charge >= 0.3 is 12.1 Å². The van der Waals surface area contributed by atoms with Crippen LogP contribution in [0.2, 0.25) is 0 Å². The van der Waals surface area contributed by atoms with E-state index in [2.05, 4.69) is 5.32 Å². The van der Waals surface area contributed by atoms with Crippen molar-refractivity contribution in [1.29, 1.82) is 0 Å². The van der Waals surface area contributed by atoms with Gasteiger partial charge in [-0.15, -0.1) is 0 Å². The standard InChI is InChI=1S/C23H26F3NO3/c1-29-21-10-7-15(12-22(28)30-2)11-20(21)19-9-8-17(23(24,25)26)13-16(19)14-27-18-5-3-4-6-18/h7-11,13,18,27H,3-6,12,14H2,1-2H3. The van der Waals surface area contributed by atoms with Crippen molar-refractivity contribution in [3.8, 4) is 16.9 Å². The molecule has 2 aromatic carbocycles. The van der Waals surface area contributed by atoms with Crippen LogP contribution in [0.25, 0.3) is 11.1 Å². The summed E-state index contributed by atoms with van der Waals surface area (Å²) in [7, 11) is 2.83. The number of methoxy groups -OCH3 is 2. The molecule has 0 heterocycles. The minimum absolute atomic E-state index is 0.0732. The Morgan fingerprint density at radius 1 is 1.07 bits per heavy atom. The zero-order valence-corrected chi connectivity index (χ0v) is 17.1. The molecule has 0 atom stereocenters. The lowest BCUT2D eigenvalue weighted by Crippen LogP contribution is -2.25. The zero-order chi connectivity index (χ0) is 21.7. The Hall–Kier alpha value is -2.54. The Morgan fingerprint density at radius 2 is 1.80 bits per heavy atom. The Labute approximate surface area is 174 Å². The van der Waals surface area contributed by atoms with Crippen molar-refractivity contribution in [3.05, 3.63) is 53.1 Å². The molecule has 0 saturated heterocycles. The van der Waals surface area contributed by atoms with Gasteiger partial charge in [-0.05, 0) is 53.8 Å². The van der Waals surface area contributed by atoms with Crippen LogP contribution in [0, 0.1) is 0 Å². The SMILES string of the molecule is COC(=O)Cc1ccc(OC)c(-c2ccc(C(F)(F)F)cc2CNC2CCCC2)c1. The third-order valence-electron chi connectivity index (χ3n) is 5.50. The molecule has 0 bridgehead atoms. The van der Waals surface area contributed by atoms with Crippen LogP contribution in [0.4, 0.5) is 13.2 Å². The molecule has 0 unspecified atom stereocenters. The van der Waals surface area contributed by atoms with Crippen LogP contribution in [0.3, 0.4) is 0 Å². The summed E-state index contributed by atoms with van der Waals surface area (Å²) in [5.41, 5.74) is 1.87. The van der Waals surface area contributed by atoms with Crippen molar-refractivity contribution >= 4 is 5.97 Å². The molecule has 0 spiro atoms. The van der Waals surface area contributed by atoms with Crippen LogP contribution >= 0.6 is 0 Å². The molecule has 1 aliphatic rings. The average molecular weight is 421 g/mol. The van der Waals surface area contributed by atoms with E-state index < -0.39 is 11.7 Å². The zero-order valence-electron chi connectivity index (χ0n) is 17.1. The van der Waals surface area contributed by atoms with Gasteiger partial charge in [0.1, 0.15) is 5.75 Å². The second kappa shape index (κ2) is 9.51. The predicted octanol–water partition coefficient (Wildman–Crippen LogP) is 5.13. The summed E-state index contributed by atoms with van der Waals surface area (Å²) in [6, 6.07) is 9.33. The van der Waals surface area contributed by atoms with Gasteiger partial charge in [0.2, 0.25) is 0 Å². The number of carbonyl (C=O) groups is 1. The van der Waals surface area contributed by atoms with E-state index in [0.717, 1.165) is 31.7 Å². The number of hydrogen-bond donors (Lipinski definition) is 1. The predicted molar refractivity (Wildman–Crippen MR) is 108 cm³/mol. The van der Waals surface area contributed by atoms with Gasteiger partial charge < -0.3 is 14.8 Å². The van der Waals surface area contributed by atoms with Crippen LogP contribution in [0.5, 0.6) is 5.75 Å². The summed E-state index contributed by atoms with van der Waals surface area (Å²) >= 11 is 0. The summed E-state index contributed by atoms with van der Waals surface area (Å²) < 4.78 is 50.2. The highest BCUT2D eigenvalue weighted by Gasteiger charge is 2.31. The number of rotatable bonds is 7. The van der Waals surface area contributed by atoms with E-state index in [4.69, 9.17) is 9.47 Å². The maximum absolute atomic E-state index is 13.3. The Morgan fingerprint density at radius 3 is 2.43 bits per heavy atom. The third kappa shape index (κ3) is 5.33. The van der Waals surface area contributed by atoms with Gasteiger partial charge in [0.15, 0.2) is 0 Å². The molecule has 30 heavy (non-hydrogen) atoms. The highest BCUT2D eigenvalue weighted by Crippen LogP contribution is 2.37. The second-order valence-corrected chi connectivity index (χ2v) is 7.52. The smallest absolute Gasteiger partial charge is 0.416 e. The van der Waals surface area contributed by atoms with Gasteiger partial charge in [-0.25, -0.2) is 0 Å². The largest absolute Gasteiger partial charge is 0.496 e. The van der Waals surface area contributed by atoms with Crippen molar-refractivity contribution in [3.63, 3.8) is 0 Å². The molecule has 4 nitrogen and oxygen atoms in total.